The first-order valence-electron chi connectivity index (χ1n) is 6.29. The molecule has 1 atom stereocenters. The smallest absolute Gasteiger partial charge is 0.263 e. The van der Waals surface area contributed by atoms with Crippen molar-refractivity contribution >= 4 is 17.2 Å². The van der Waals surface area contributed by atoms with E-state index in [4.69, 9.17) is 0 Å². The van der Waals surface area contributed by atoms with E-state index in [1.54, 1.807) is 5.51 Å². The second kappa shape index (κ2) is 4.73. The monoisotopic (exact) mass is 277 g/mol. The van der Waals surface area contributed by atoms with E-state index in [0.717, 1.165) is 36.7 Å². The summed E-state index contributed by atoms with van der Waals surface area (Å²) < 4.78 is 2.10. The van der Waals surface area contributed by atoms with Crippen LogP contribution in [0.5, 0.6) is 0 Å². The zero-order chi connectivity index (χ0) is 13.4. The van der Waals surface area contributed by atoms with Crippen LogP contribution >= 0.6 is 11.3 Å². The van der Waals surface area contributed by atoms with Crippen molar-refractivity contribution in [2.45, 2.75) is 39.3 Å². The number of carbonyl (C=O) groups excluding carboxylic acids is 1. The molecule has 100 valence electrons. The van der Waals surface area contributed by atoms with Crippen LogP contribution in [0.3, 0.4) is 0 Å². The zero-order valence-corrected chi connectivity index (χ0v) is 11.7. The maximum atomic E-state index is 12.1. The third-order valence-corrected chi connectivity index (χ3v) is 4.25. The lowest BCUT2D eigenvalue weighted by Crippen LogP contribution is -2.28. The Kier molecular flexibility index (Phi) is 3.06. The summed E-state index contributed by atoms with van der Waals surface area (Å²) in [7, 11) is 0. The highest BCUT2D eigenvalue weighted by Crippen LogP contribution is 2.20. The molecule has 3 rings (SSSR count). The van der Waals surface area contributed by atoms with Gasteiger partial charge in [-0.15, -0.1) is 21.5 Å². The van der Waals surface area contributed by atoms with Gasteiger partial charge in [0.25, 0.3) is 5.91 Å². The van der Waals surface area contributed by atoms with Crippen molar-refractivity contribution in [1.29, 1.82) is 0 Å². The maximum absolute atomic E-state index is 12.1. The van der Waals surface area contributed by atoms with Crippen LogP contribution in [-0.4, -0.2) is 25.7 Å². The number of nitrogens with zero attached hydrogens (tertiary/aromatic N) is 4. The minimum atomic E-state index is -0.145. The largest absolute Gasteiger partial charge is 0.342 e. The number of hydrogen-bond donors (Lipinski definition) is 1. The molecule has 2 aromatic heterocycles. The Morgan fingerprint density at radius 2 is 2.37 bits per heavy atom. The molecule has 0 spiro atoms. The van der Waals surface area contributed by atoms with Gasteiger partial charge in [0.1, 0.15) is 10.7 Å². The van der Waals surface area contributed by atoms with Crippen LogP contribution in [0.25, 0.3) is 0 Å². The fraction of sp³-hybridized carbons (Fsp3) is 0.500. The van der Waals surface area contributed by atoms with Gasteiger partial charge in [0.2, 0.25) is 0 Å². The lowest BCUT2D eigenvalue weighted by Gasteiger charge is -2.13. The number of thiazole rings is 1. The van der Waals surface area contributed by atoms with Gasteiger partial charge in [0.05, 0.1) is 17.2 Å². The normalized spacial score (nSPS) is 15.3. The molecule has 0 aliphatic carbocycles. The van der Waals surface area contributed by atoms with Crippen LogP contribution in [0.1, 0.15) is 46.4 Å². The van der Waals surface area contributed by atoms with Crippen molar-refractivity contribution < 1.29 is 4.79 Å². The minimum absolute atomic E-state index is 0.0946. The Morgan fingerprint density at radius 3 is 3.11 bits per heavy atom. The van der Waals surface area contributed by atoms with E-state index in [1.807, 2.05) is 13.8 Å². The van der Waals surface area contributed by atoms with Gasteiger partial charge in [-0.1, -0.05) is 0 Å². The zero-order valence-electron chi connectivity index (χ0n) is 10.9. The van der Waals surface area contributed by atoms with Crippen molar-refractivity contribution in [3.63, 3.8) is 0 Å². The van der Waals surface area contributed by atoms with Crippen molar-refractivity contribution in [2.75, 3.05) is 0 Å². The van der Waals surface area contributed by atoms with Crippen molar-refractivity contribution in [1.82, 2.24) is 25.1 Å². The third kappa shape index (κ3) is 2.14. The van der Waals surface area contributed by atoms with E-state index in [0.29, 0.717) is 4.88 Å². The second-order valence-corrected chi connectivity index (χ2v) is 5.55. The van der Waals surface area contributed by atoms with Crippen molar-refractivity contribution in [3.8, 4) is 0 Å². The van der Waals surface area contributed by atoms with E-state index >= 15 is 0 Å². The van der Waals surface area contributed by atoms with Gasteiger partial charge in [0.15, 0.2) is 5.82 Å². The fourth-order valence-corrected chi connectivity index (χ4v) is 3.05. The average molecular weight is 277 g/mol. The highest BCUT2D eigenvalue weighted by molar-refractivity contribution is 7.11. The summed E-state index contributed by atoms with van der Waals surface area (Å²) in [5.41, 5.74) is 2.45. The second-order valence-electron chi connectivity index (χ2n) is 4.69. The molecule has 0 radical (unpaired) electrons. The summed E-state index contributed by atoms with van der Waals surface area (Å²) in [4.78, 5) is 16.9. The van der Waals surface area contributed by atoms with Gasteiger partial charge in [-0.3, -0.25) is 4.79 Å². The summed E-state index contributed by atoms with van der Waals surface area (Å²) in [6.45, 7) is 4.71. The molecule has 7 heteroatoms. The van der Waals surface area contributed by atoms with E-state index in [-0.39, 0.29) is 11.9 Å². The summed E-state index contributed by atoms with van der Waals surface area (Å²) in [5.74, 6) is 1.76. The van der Waals surface area contributed by atoms with E-state index in [9.17, 15) is 4.79 Å². The number of aromatic nitrogens is 4. The first-order valence-corrected chi connectivity index (χ1v) is 7.17. The molecule has 1 N–H and O–H groups in total. The van der Waals surface area contributed by atoms with Crippen molar-refractivity contribution in [3.05, 3.63) is 27.7 Å². The SMILES string of the molecule is Cc1ncsc1C(=O)NC(C)c1nnc2n1CCC2. The first-order chi connectivity index (χ1) is 9.16. The van der Waals surface area contributed by atoms with Gasteiger partial charge in [0, 0.05) is 13.0 Å². The third-order valence-electron chi connectivity index (χ3n) is 3.32. The molecule has 19 heavy (non-hydrogen) atoms. The van der Waals surface area contributed by atoms with Crippen LogP contribution in [0.15, 0.2) is 5.51 Å². The number of amides is 1. The van der Waals surface area contributed by atoms with Crippen LogP contribution in [-0.2, 0) is 13.0 Å². The minimum Gasteiger partial charge on any atom is -0.342 e. The van der Waals surface area contributed by atoms with Gasteiger partial charge < -0.3 is 9.88 Å². The molecule has 0 bridgehead atoms. The van der Waals surface area contributed by atoms with E-state index in [1.165, 1.54) is 11.3 Å². The van der Waals surface area contributed by atoms with E-state index < -0.39 is 0 Å². The Balaban J connectivity index is 1.76. The Morgan fingerprint density at radius 1 is 1.53 bits per heavy atom. The molecule has 0 saturated carbocycles. The Labute approximate surface area is 114 Å². The molecule has 1 aliphatic heterocycles. The quantitative estimate of drug-likeness (QED) is 0.922. The topological polar surface area (TPSA) is 72.7 Å². The van der Waals surface area contributed by atoms with Crippen molar-refractivity contribution in [2.24, 2.45) is 0 Å². The maximum Gasteiger partial charge on any atom is 0.263 e. The Hall–Kier alpha value is -1.76. The summed E-state index contributed by atoms with van der Waals surface area (Å²) in [5, 5.41) is 11.3. The number of hydrogen-bond acceptors (Lipinski definition) is 5. The molecule has 1 amide bonds. The molecular formula is C12H15N5OS. The molecule has 6 nitrogen and oxygen atoms in total. The number of nitrogens with one attached hydrogen (secondary N) is 1. The molecule has 3 heterocycles. The molecule has 0 aromatic carbocycles. The molecular weight excluding hydrogens is 262 g/mol. The van der Waals surface area contributed by atoms with Crippen LogP contribution in [0.2, 0.25) is 0 Å². The van der Waals surface area contributed by atoms with Gasteiger partial charge >= 0.3 is 0 Å². The highest BCUT2D eigenvalue weighted by atomic mass is 32.1. The number of aryl methyl sites for hydroxylation is 2. The first kappa shape index (κ1) is 12.3. The number of carbonyl (C=O) groups is 1. The van der Waals surface area contributed by atoms with Crippen LogP contribution in [0.4, 0.5) is 0 Å². The Bertz CT molecular complexity index is 617. The summed E-state index contributed by atoms with van der Waals surface area (Å²) in [6.07, 6.45) is 2.08. The lowest BCUT2D eigenvalue weighted by atomic mass is 10.3. The highest BCUT2D eigenvalue weighted by Gasteiger charge is 2.23. The summed E-state index contributed by atoms with van der Waals surface area (Å²) >= 11 is 1.36. The van der Waals surface area contributed by atoms with Gasteiger partial charge in [-0.05, 0) is 20.3 Å². The predicted octanol–water partition coefficient (Wildman–Crippen LogP) is 1.48. The van der Waals surface area contributed by atoms with E-state index in [2.05, 4.69) is 25.1 Å². The summed E-state index contributed by atoms with van der Waals surface area (Å²) in [6, 6.07) is -0.145. The average Bonchev–Trinajstić information content (AvgIpc) is 3.02. The molecule has 1 aliphatic rings. The van der Waals surface area contributed by atoms with Gasteiger partial charge in [-0.25, -0.2) is 4.98 Å². The number of fused-ring (bicyclic) bond motifs is 1. The molecule has 0 saturated heterocycles. The molecule has 0 fully saturated rings. The molecule has 1 unspecified atom stereocenters. The number of rotatable bonds is 3. The predicted molar refractivity (Wildman–Crippen MR) is 71.1 cm³/mol. The van der Waals surface area contributed by atoms with Crippen LogP contribution < -0.4 is 5.32 Å². The lowest BCUT2D eigenvalue weighted by molar-refractivity contribution is 0.0941. The molecule has 2 aromatic rings. The van der Waals surface area contributed by atoms with Crippen LogP contribution in [0, 0.1) is 6.92 Å². The fourth-order valence-electron chi connectivity index (χ4n) is 2.34. The van der Waals surface area contributed by atoms with Gasteiger partial charge in [-0.2, -0.15) is 0 Å². The standard InChI is InChI=1S/C12H15N5OS/c1-7-10(19-6-13-7)12(18)14-8(2)11-16-15-9-4-3-5-17(9)11/h6,8H,3-5H2,1-2H3,(H,14,18).